The second kappa shape index (κ2) is 19.6. The van der Waals surface area contributed by atoms with E-state index in [1.54, 1.807) is 14.0 Å². The first kappa shape index (κ1) is 44.2. The zero-order valence-corrected chi connectivity index (χ0v) is 33.5. The third kappa shape index (κ3) is 10.5. The number of nitrogens with zero attached hydrogens (tertiary/aromatic N) is 1. The number of esters is 1. The van der Waals surface area contributed by atoms with Crippen LogP contribution in [0, 0.1) is 23.7 Å². The summed E-state index contributed by atoms with van der Waals surface area (Å²) in [5, 5.41) is 33.5. The third-order valence-corrected chi connectivity index (χ3v) is 12.2. The predicted molar refractivity (Wildman–Crippen MR) is 199 cm³/mol. The molecule has 2 saturated heterocycles. The van der Waals surface area contributed by atoms with Gasteiger partial charge in [0.1, 0.15) is 30.3 Å². The van der Waals surface area contributed by atoms with Gasteiger partial charge in [0, 0.05) is 40.1 Å². The first-order chi connectivity index (χ1) is 25.5. The fourth-order valence-electron chi connectivity index (χ4n) is 8.91. The molecule has 3 fully saturated rings. The Labute approximate surface area is 320 Å². The second-order valence-electron chi connectivity index (χ2n) is 16.5. The molecule has 54 heavy (non-hydrogen) atoms. The van der Waals surface area contributed by atoms with Crippen LogP contribution in [0.25, 0.3) is 0 Å². The number of amides is 1. The molecule has 1 aliphatic carbocycles. The fraction of sp³-hybridized carbons (Fsp3) is 0.805. The van der Waals surface area contributed by atoms with Crippen LogP contribution in [0.1, 0.15) is 112 Å². The molecule has 1 saturated carbocycles. The molecule has 0 aromatic heterocycles. The topological polar surface area (TPSA) is 178 Å². The van der Waals surface area contributed by atoms with E-state index in [0.29, 0.717) is 38.5 Å². The zero-order valence-electron chi connectivity index (χ0n) is 33.5. The smallest absolute Gasteiger partial charge is 0.329 e. The van der Waals surface area contributed by atoms with Crippen molar-refractivity contribution in [2.45, 2.75) is 166 Å². The van der Waals surface area contributed by atoms with E-state index in [4.69, 9.17) is 23.7 Å². The van der Waals surface area contributed by atoms with Crippen molar-refractivity contribution in [2.24, 2.45) is 23.7 Å². The minimum absolute atomic E-state index is 0.0520. The summed E-state index contributed by atoms with van der Waals surface area (Å²) in [6, 6.07) is -1.31. The number of Topliss-reactive ketones (excluding diaryl/α,β-unsaturated/α-hetero) is 2. The largest absolute Gasteiger partial charge is 0.456 e. The molecule has 0 radical (unpaired) electrons. The zero-order chi connectivity index (χ0) is 39.9. The Kier molecular flexibility index (Phi) is 16.0. The summed E-state index contributed by atoms with van der Waals surface area (Å²) in [6.07, 6.45) is 3.56. The van der Waals surface area contributed by atoms with Gasteiger partial charge in [0.25, 0.3) is 11.7 Å². The van der Waals surface area contributed by atoms with E-state index in [-0.39, 0.29) is 61.7 Å². The number of aliphatic hydroxyl groups is 3. The number of cyclic esters (lactones) is 1. The van der Waals surface area contributed by atoms with Crippen LogP contribution in [0.4, 0.5) is 0 Å². The number of fused-ring (bicyclic) bond motifs is 3. The molecular weight excluding hydrogens is 698 g/mol. The van der Waals surface area contributed by atoms with Gasteiger partial charge in [-0.15, -0.1) is 0 Å². The minimum atomic E-state index is -2.58. The van der Waals surface area contributed by atoms with E-state index in [9.17, 15) is 34.5 Å². The number of carbonyl (C=O) groups excluding carboxylic acids is 4. The molecule has 1 amide bonds. The number of methoxy groups -OCH3 is 3. The molecule has 0 spiro atoms. The van der Waals surface area contributed by atoms with Gasteiger partial charge in [-0.2, -0.15) is 0 Å². The van der Waals surface area contributed by atoms with E-state index in [1.807, 2.05) is 39.8 Å². The van der Waals surface area contributed by atoms with E-state index in [2.05, 4.69) is 0 Å². The van der Waals surface area contributed by atoms with Crippen molar-refractivity contribution >= 4 is 23.4 Å². The Bertz CT molecular complexity index is 1380. The summed E-state index contributed by atoms with van der Waals surface area (Å²) in [7, 11) is 4.60. The van der Waals surface area contributed by atoms with Crippen LogP contribution < -0.4 is 0 Å². The number of hydrogen-bond donors (Lipinski definition) is 3. The van der Waals surface area contributed by atoms with Crippen LogP contribution in [0.5, 0.6) is 0 Å². The summed E-state index contributed by atoms with van der Waals surface area (Å²) < 4.78 is 29.5. The van der Waals surface area contributed by atoms with Gasteiger partial charge in [-0.05, 0) is 101 Å². The van der Waals surface area contributed by atoms with Crippen LogP contribution in [-0.2, 0) is 42.9 Å². The molecule has 13 unspecified atom stereocenters. The number of ether oxygens (including phenoxy) is 5. The Hall–Kier alpha value is -2.52. The second-order valence-corrected chi connectivity index (χ2v) is 16.5. The lowest BCUT2D eigenvalue weighted by Gasteiger charge is -2.47. The van der Waals surface area contributed by atoms with E-state index in [1.165, 1.54) is 14.2 Å². The molecule has 3 N–H and O–H groups in total. The number of allylic oxidation sites excluding steroid dienone is 3. The molecule has 0 aromatic carbocycles. The maximum Gasteiger partial charge on any atom is 0.329 e. The number of ketones is 2. The SMILES string of the molecule is COC1CC(C=C(C)C2OC(=O)C3CCCC(O)N3C(=O)C(=O)C3(O)OC(C(OC)CC(C)C/C(C)=C/CC(=O)CCC2C)C(OC)CC3C)CCC1O. The van der Waals surface area contributed by atoms with Crippen molar-refractivity contribution < 1.29 is 58.2 Å². The number of rotatable bonds is 5. The van der Waals surface area contributed by atoms with Crippen LogP contribution in [0.15, 0.2) is 23.3 Å². The van der Waals surface area contributed by atoms with Crippen LogP contribution in [-0.4, -0.2) is 120 Å². The highest BCUT2D eigenvalue weighted by Crippen LogP contribution is 2.39. The van der Waals surface area contributed by atoms with Crippen LogP contribution in [0.2, 0.25) is 0 Å². The average Bonchev–Trinajstić information content (AvgIpc) is 3.14. The number of piperidine rings is 1. The lowest BCUT2D eigenvalue weighted by Crippen LogP contribution is -2.65. The molecule has 13 atom stereocenters. The van der Waals surface area contributed by atoms with Gasteiger partial charge in [-0.3, -0.25) is 19.3 Å². The predicted octanol–water partition coefficient (Wildman–Crippen LogP) is 4.18. The Morgan fingerprint density at radius 2 is 1.57 bits per heavy atom. The molecule has 2 bridgehead atoms. The molecule has 306 valence electrons. The molecule has 4 rings (SSSR count). The number of carbonyl (C=O) groups is 4. The Morgan fingerprint density at radius 1 is 0.907 bits per heavy atom. The van der Waals surface area contributed by atoms with Gasteiger partial charge in [0.05, 0.1) is 24.4 Å². The lowest BCUT2D eigenvalue weighted by atomic mass is 9.82. The Morgan fingerprint density at radius 3 is 2.24 bits per heavy atom. The Balaban J connectivity index is 1.72. The van der Waals surface area contributed by atoms with Gasteiger partial charge < -0.3 is 39.0 Å². The first-order valence-corrected chi connectivity index (χ1v) is 19.8. The van der Waals surface area contributed by atoms with Crippen molar-refractivity contribution in [1.82, 2.24) is 4.90 Å². The van der Waals surface area contributed by atoms with Gasteiger partial charge in [-0.1, -0.05) is 38.5 Å². The summed E-state index contributed by atoms with van der Waals surface area (Å²) >= 11 is 0. The summed E-state index contributed by atoms with van der Waals surface area (Å²) in [5.41, 5.74) is 1.80. The van der Waals surface area contributed by atoms with Crippen molar-refractivity contribution in [3.05, 3.63) is 23.3 Å². The molecule has 3 aliphatic heterocycles. The monoisotopic (exact) mass is 763 g/mol. The molecule has 13 nitrogen and oxygen atoms in total. The number of aliphatic hydroxyl groups excluding tert-OH is 2. The maximum atomic E-state index is 14.2. The van der Waals surface area contributed by atoms with Gasteiger partial charge in [0.2, 0.25) is 5.79 Å². The highest BCUT2D eigenvalue weighted by Gasteiger charge is 2.57. The quantitative estimate of drug-likeness (QED) is 0.207. The van der Waals surface area contributed by atoms with Gasteiger partial charge in [-0.25, -0.2) is 4.79 Å². The van der Waals surface area contributed by atoms with Crippen LogP contribution in [0.3, 0.4) is 0 Å². The van der Waals surface area contributed by atoms with Crippen molar-refractivity contribution in [2.75, 3.05) is 21.3 Å². The van der Waals surface area contributed by atoms with Crippen molar-refractivity contribution in [1.29, 1.82) is 0 Å². The highest BCUT2D eigenvalue weighted by molar-refractivity contribution is 6.39. The minimum Gasteiger partial charge on any atom is -0.456 e. The van der Waals surface area contributed by atoms with E-state index in [0.717, 1.165) is 22.5 Å². The molecular formula is C41H65NO12. The fourth-order valence-corrected chi connectivity index (χ4v) is 8.91. The normalized spacial score (nSPS) is 41.3. The third-order valence-electron chi connectivity index (χ3n) is 12.2. The standard InChI is InChI=1S/C41H65NO12/c1-23-12-15-29(43)16-13-25(3)36(26(4)20-28-14-17-31(44)32(22-28)50-6)53-40(48)30-10-9-11-35(45)42(30)39(47)38(46)41(49)27(5)21-34(52-8)37(54-41)33(51-7)19-24(2)18-23/h12,20,24-25,27-28,30-37,44-45,49H,9-11,13-19,21-22H2,1-8H3/b23-12+,26-20?. The average molecular weight is 764 g/mol. The number of hydrogen-bond acceptors (Lipinski definition) is 12. The summed E-state index contributed by atoms with van der Waals surface area (Å²) in [6.45, 7) is 9.41. The first-order valence-electron chi connectivity index (χ1n) is 19.8. The summed E-state index contributed by atoms with van der Waals surface area (Å²) in [5.74, 6) is -6.90. The van der Waals surface area contributed by atoms with Crippen LogP contribution >= 0.6 is 0 Å². The molecule has 0 aromatic rings. The molecule has 13 heteroatoms. The maximum absolute atomic E-state index is 14.2. The van der Waals surface area contributed by atoms with Gasteiger partial charge >= 0.3 is 5.97 Å². The summed E-state index contributed by atoms with van der Waals surface area (Å²) in [4.78, 5) is 56.5. The van der Waals surface area contributed by atoms with E-state index < -0.39 is 72.2 Å². The molecule has 4 aliphatic rings. The molecule has 3 heterocycles. The van der Waals surface area contributed by atoms with Crippen molar-refractivity contribution in [3.8, 4) is 0 Å². The van der Waals surface area contributed by atoms with Crippen molar-refractivity contribution in [3.63, 3.8) is 0 Å². The van der Waals surface area contributed by atoms with Gasteiger partial charge in [0.15, 0.2) is 0 Å². The lowest BCUT2D eigenvalue weighted by molar-refractivity contribution is -0.303. The highest BCUT2D eigenvalue weighted by atomic mass is 16.7. The van der Waals surface area contributed by atoms with E-state index >= 15 is 0 Å².